The molecule has 8 nitrogen and oxygen atoms in total. The molecule has 0 aromatic carbocycles. The molecule has 0 fully saturated rings. The largest absolute Gasteiger partial charge is 0.494 e. The van der Waals surface area contributed by atoms with Crippen molar-refractivity contribution in [3.05, 3.63) is 40.3 Å². The summed E-state index contributed by atoms with van der Waals surface area (Å²) in [5.41, 5.74) is 1.45. The summed E-state index contributed by atoms with van der Waals surface area (Å²) in [5, 5.41) is 5.83. The zero-order valence-electron chi connectivity index (χ0n) is 14.0. The Labute approximate surface area is 158 Å². The zero-order chi connectivity index (χ0) is 18.4. The zero-order valence-corrected chi connectivity index (χ0v) is 15.5. The molecule has 0 radical (unpaired) electrons. The minimum absolute atomic E-state index is 0.120. The van der Waals surface area contributed by atoms with Crippen LogP contribution in [-0.2, 0) is 6.54 Å². The van der Waals surface area contributed by atoms with E-state index in [0.29, 0.717) is 29.4 Å². The molecule has 0 saturated heterocycles. The molecule has 1 amide bonds. The minimum Gasteiger partial charge on any atom is -0.494 e. The fourth-order valence-electron chi connectivity index (χ4n) is 3.15. The molecule has 1 aliphatic heterocycles. The number of carbonyl (C=O) groups is 1. The predicted octanol–water partition coefficient (Wildman–Crippen LogP) is 2.75. The monoisotopic (exact) mass is 392 g/mol. The second kappa shape index (κ2) is 6.37. The molecule has 3 aromatic rings. The van der Waals surface area contributed by atoms with Gasteiger partial charge in [0.2, 0.25) is 5.82 Å². The topological polar surface area (TPSA) is 86.0 Å². The van der Waals surface area contributed by atoms with E-state index in [-0.39, 0.29) is 22.9 Å². The third-order valence-corrected chi connectivity index (χ3v) is 5.20. The number of amides is 1. The van der Waals surface area contributed by atoms with Crippen molar-refractivity contribution in [1.82, 2.24) is 29.6 Å². The number of nitrogens with zero attached hydrogens (tertiary/aromatic N) is 6. The van der Waals surface area contributed by atoms with Crippen molar-refractivity contribution >= 4 is 40.0 Å². The highest BCUT2D eigenvalue weighted by molar-refractivity contribution is 6.44. The van der Waals surface area contributed by atoms with Gasteiger partial charge in [0, 0.05) is 18.1 Å². The first-order chi connectivity index (χ1) is 12.5. The van der Waals surface area contributed by atoms with E-state index in [2.05, 4.69) is 20.1 Å². The molecule has 1 aliphatic rings. The Morgan fingerprint density at radius 3 is 2.62 bits per heavy atom. The van der Waals surface area contributed by atoms with E-state index < -0.39 is 0 Å². The third kappa shape index (κ3) is 2.57. The van der Waals surface area contributed by atoms with E-state index in [1.165, 1.54) is 19.5 Å². The number of hydrogen-bond donors (Lipinski definition) is 0. The Bertz CT molecular complexity index is 1000. The normalized spacial score (nSPS) is 16.6. The summed E-state index contributed by atoms with van der Waals surface area (Å²) < 4.78 is 6.87. The molecule has 0 unspecified atom stereocenters. The number of fused-ring (bicyclic) bond motifs is 3. The van der Waals surface area contributed by atoms with Crippen LogP contribution in [0, 0.1) is 0 Å². The van der Waals surface area contributed by atoms with Crippen molar-refractivity contribution in [2.24, 2.45) is 0 Å². The molecule has 0 saturated carbocycles. The minimum atomic E-state index is -0.256. The first-order valence-corrected chi connectivity index (χ1v) is 8.64. The molecule has 3 aromatic heterocycles. The van der Waals surface area contributed by atoms with Gasteiger partial charge in [-0.05, 0) is 6.92 Å². The molecule has 4 rings (SSSR count). The number of methoxy groups -OCH3 is 1. The molecule has 0 aliphatic carbocycles. The van der Waals surface area contributed by atoms with Crippen LogP contribution in [0.2, 0.25) is 10.2 Å². The fourth-order valence-corrected chi connectivity index (χ4v) is 3.47. The average Bonchev–Trinajstić information content (AvgIpc) is 3.05. The van der Waals surface area contributed by atoms with Crippen molar-refractivity contribution in [2.75, 3.05) is 13.7 Å². The lowest BCUT2D eigenvalue weighted by Crippen LogP contribution is -2.41. The highest BCUT2D eigenvalue weighted by Crippen LogP contribution is 2.36. The summed E-state index contributed by atoms with van der Waals surface area (Å²) in [6.07, 6.45) is 4.58. The van der Waals surface area contributed by atoms with E-state index in [9.17, 15) is 4.79 Å². The maximum absolute atomic E-state index is 12.9. The van der Waals surface area contributed by atoms with Crippen LogP contribution >= 0.6 is 23.2 Å². The van der Waals surface area contributed by atoms with Gasteiger partial charge in [-0.3, -0.25) is 9.48 Å². The smallest absolute Gasteiger partial charge is 0.292 e. The molecule has 10 heteroatoms. The standard InChI is InChI=1S/C16H14Cl2N6O2/c1-8-13-10-7-19-14(18)11(17)12(10)22-24(13)4-3-23(8)16(25)15-20-5-9(26-2)6-21-15/h5-8H,3-4H2,1-2H3/t8-/m0/s1. The number of aromatic nitrogens is 5. The van der Waals surface area contributed by atoms with Crippen molar-refractivity contribution in [3.8, 4) is 5.75 Å². The Morgan fingerprint density at radius 1 is 1.19 bits per heavy atom. The molecule has 134 valence electrons. The second-order valence-corrected chi connectivity index (χ2v) is 6.59. The average molecular weight is 393 g/mol. The Morgan fingerprint density at radius 2 is 1.92 bits per heavy atom. The van der Waals surface area contributed by atoms with Crippen molar-refractivity contribution in [1.29, 1.82) is 0 Å². The van der Waals surface area contributed by atoms with Crippen LogP contribution < -0.4 is 4.74 Å². The van der Waals surface area contributed by atoms with Gasteiger partial charge in [0.15, 0.2) is 5.75 Å². The lowest BCUT2D eigenvalue weighted by atomic mass is 10.1. The number of halogens is 2. The SMILES string of the molecule is COc1cnc(C(=O)N2CCn3nc4c(Cl)c(Cl)ncc4c3[C@@H]2C)nc1. The van der Waals surface area contributed by atoms with Gasteiger partial charge in [-0.15, -0.1) is 0 Å². The quantitative estimate of drug-likeness (QED) is 0.623. The molecule has 1 atom stereocenters. The van der Waals surface area contributed by atoms with E-state index >= 15 is 0 Å². The van der Waals surface area contributed by atoms with E-state index in [1.807, 2.05) is 11.6 Å². The Hall–Kier alpha value is -2.45. The lowest BCUT2D eigenvalue weighted by molar-refractivity contribution is 0.0626. The van der Waals surface area contributed by atoms with Gasteiger partial charge >= 0.3 is 0 Å². The van der Waals surface area contributed by atoms with Crippen LogP contribution in [0.5, 0.6) is 5.75 Å². The van der Waals surface area contributed by atoms with Gasteiger partial charge < -0.3 is 9.64 Å². The first-order valence-electron chi connectivity index (χ1n) is 7.88. The van der Waals surface area contributed by atoms with Crippen molar-refractivity contribution < 1.29 is 9.53 Å². The fraction of sp³-hybridized carbons (Fsp3) is 0.312. The van der Waals surface area contributed by atoms with Crippen LogP contribution in [0.4, 0.5) is 0 Å². The molecule has 26 heavy (non-hydrogen) atoms. The number of ether oxygens (including phenoxy) is 1. The van der Waals surface area contributed by atoms with Gasteiger partial charge in [-0.1, -0.05) is 23.2 Å². The van der Waals surface area contributed by atoms with Gasteiger partial charge in [0.1, 0.15) is 15.7 Å². The van der Waals surface area contributed by atoms with Crippen molar-refractivity contribution in [3.63, 3.8) is 0 Å². The van der Waals surface area contributed by atoms with Gasteiger partial charge in [0.05, 0.1) is 37.8 Å². The van der Waals surface area contributed by atoms with E-state index in [1.54, 1.807) is 11.1 Å². The molecule has 0 N–H and O–H groups in total. The third-order valence-electron chi connectivity index (χ3n) is 4.46. The summed E-state index contributed by atoms with van der Waals surface area (Å²) in [5.74, 6) is 0.359. The highest BCUT2D eigenvalue weighted by atomic mass is 35.5. The lowest BCUT2D eigenvalue weighted by Gasteiger charge is -2.33. The Balaban J connectivity index is 1.72. The number of carbonyl (C=O) groups excluding carboxylic acids is 1. The number of hydrogen-bond acceptors (Lipinski definition) is 6. The van der Waals surface area contributed by atoms with Crippen LogP contribution in [0.3, 0.4) is 0 Å². The Kier molecular flexibility index (Phi) is 4.16. The van der Waals surface area contributed by atoms with E-state index in [0.717, 1.165) is 11.1 Å². The summed E-state index contributed by atoms with van der Waals surface area (Å²) in [7, 11) is 1.52. The van der Waals surface area contributed by atoms with Crippen LogP contribution in [-0.4, -0.2) is 49.2 Å². The molecule has 0 spiro atoms. The van der Waals surface area contributed by atoms with Crippen LogP contribution in [0.1, 0.15) is 29.3 Å². The predicted molar refractivity (Wildman–Crippen MR) is 95.6 cm³/mol. The van der Waals surface area contributed by atoms with Crippen LogP contribution in [0.15, 0.2) is 18.6 Å². The number of rotatable bonds is 2. The van der Waals surface area contributed by atoms with Gasteiger partial charge in [-0.25, -0.2) is 15.0 Å². The van der Waals surface area contributed by atoms with Crippen molar-refractivity contribution in [2.45, 2.75) is 19.5 Å². The summed E-state index contributed by atoms with van der Waals surface area (Å²) in [6.45, 7) is 2.94. The highest BCUT2D eigenvalue weighted by Gasteiger charge is 2.33. The first kappa shape index (κ1) is 17.0. The van der Waals surface area contributed by atoms with Gasteiger partial charge in [-0.2, -0.15) is 5.10 Å². The summed E-state index contributed by atoms with van der Waals surface area (Å²) in [6, 6.07) is -0.244. The summed E-state index contributed by atoms with van der Waals surface area (Å²) >= 11 is 12.2. The van der Waals surface area contributed by atoms with Gasteiger partial charge in [0.25, 0.3) is 5.91 Å². The van der Waals surface area contributed by atoms with Crippen LogP contribution in [0.25, 0.3) is 10.9 Å². The van der Waals surface area contributed by atoms with E-state index in [4.69, 9.17) is 27.9 Å². The molecular formula is C16H14Cl2N6O2. The number of pyridine rings is 1. The second-order valence-electron chi connectivity index (χ2n) is 5.85. The molecule has 0 bridgehead atoms. The molecule has 4 heterocycles. The molecular weight excluding hydrogens is 379 g/mol. The summed E-state index contributed by atoms with van der Waals surface area (Å²) in [4.78, 5) is 26.9. The maximum atomic E-state index is 12.9. The maximum Gasteiger partial charge on any atom is 0.292 e.